The molecule has 1 aliphatic heterocycles. The number of aromatic nitrogens is 2. The van der Waals surface area contributed by atoms with Gasteiger partial charge < -0.3 is 15.5 Å². The van der Waals surface area contributed by atoms with Gasteiger partial charge in [0.2, 0.25) is 11.9 Å². The van der Waals surface area contributed by atoms with E-state index in [1.54, 1.807) is 0 Å². The van der Waals surface area contributed by atoms with Gasteiger partial charge in [-0.2, -0.15) is 10.2 Å². The predicted molar refractivity (Wildman–Crippen MR) is 79.4 cm³/mol. The van der Waals surface area contributed by atoms with Crippen molar-refractivity contribution in [3.8, 4) is 6.07 Å². The average Bonchev–Trinajstić information content (AvgIpc) is 2.43. The maximum absolute atomic E-state index is 12.4. The van der Waals surface area contributed by atoms with Gasteiger partial charge in [0.25, 0.3) is 0 Å². The number of nitrogen functional groups attached to an aromatic ring is 1. The first-order valence-electron chi connectivity index (χ1n) is 7.02. The van der Waals surface area contributed by atoms with E-state index in [2.05, 4.69) is 23.8 Å². The summed E-state index contributed by atoms with van der Waals surface area (Å²) >= 11 is 0. The summed E-state index contributed by atoms with van der Waals surface area (Å²) in [7, 11) is 0. The van der Waals surface area contributed by atoms with Crippen LogP contribution in [0.15, 0.2) is 6.20 Å². The molecular weight excluding hydrogens is 268 g/mol. The van der Waals surface area contributed by atoms with Crippen molar-refractivity contribution in [1.82, 2.24) is 14.9 Å². The molecule has 2 N–H and O–H groups in total. The fourth-order valence-electron chi connectivity index (χ4n) is 2.43. The number of nitriles is 1. The zero-order chi connectivity index (χ0) is 15.6. The first-order chi connectivity index (χ1) is 9.93. The Kier molecular flexibility index (Phi) is 4.26. The highest BCUT2D eigenvalue weighted by Gasteiger charge is 2.33. The highest BCUT2D eigenvalue weighted by Crippen LogP contribution is 2.20. The molecule has 0 saturated carbocycles. The van der Waals surface area contributed by atoms with Crippen molar-refractivity contribution in [2.45, 2.75) is 26.8 Å². The summed E-state index contributed by atoms with van der Waals surface area (Å²) in [6.45, 7) is 8.08. The minimum absolute atomic E-state index is 0.0708. The summed E-state index contributed by atoms with van der Waals surface area (Å²) in [6.07, 6.45) is 1.40. The maximum atomic E-state index is 12.4. The Labute approximate surface area is 124 Å². The maximum Gasteiger partial charge on any atom is 0.245 e. The number of hydrogen-bond donors (Lipinski definition) is 1. The Bertz CT molecular complexity index is 579. The largest absolute Gasteiger partial charge is 0.382 e. The lowest BCUT2D eigenvalue weighted by Gasteiger charge is -2.39. The molecule has 0 radical (unpaired) electrons. The minimum Gasteiger partial charge on any atom is -0.382 e. The van der Waals surface area contributed by atoms with E-state index in [0.717, 1.165) is 6.54 Å². The normalized spacial score (nSPS) is 19.0. The van der Waals surface area contributed by atoms with Crippen LogP contribution in [0.4, 0.5) is 11.8 Å². The van der Waals surface area contributed by atoms with Crippen LogP contribution in [0.3, 0.4) is 0 Å². The third kappa shape index (κ3) is 3.05. The van der Waals surface area contributed by atoms with Crippen LogP contribution in [-0.2, 0) is 4.79 Å². The highest BCUT2D eigenvalue weighted by molar-refractivity contribution is 5.85. The van der Waals surface area contributed by atoms with Crippen molar-refractivity contribution in [2.75, 3.05) is 30.3 Å². The predicted octanol–water partition coefficient (Wildman–Crippen LogP) is 0.624. The van der Waals surface area contributed by atoms with Crippen LogP contribution >= 0.6 is 0 Å². The van der Waals surface area contributed by atoms with Gasteiger partial charge in [-0.3, -0.25) is 4.79 Å². The fourth-order valence-corrected chi connectivity index (χ4v) is 2.43. The SMILES string of the molecule is CC(C)CN1CCN(c2ncc(C#N)c(N)n2)C(C)C1=O. The molecule has 2 rings (SSSR count). The molecule has 1 fully saturated rings. The van der Waals surface area contributed by atoms with Gasteiger partial charge in [-0.25, -0.2) is 4.98 Å². The third-order valence-electron chi connectivity index (χ3n) is 3.52. The summed E-state index contributed by atoms with van der Waals surface area (Å²) in [5.41, 5.74) is 5.96. The van der Waals surface area contributed by atoms with Crippen LogP contribution in [0.1, 0.15) is 26.3 Å². The smallest absolute Gasteiger partial charge is 0.245 e. The number of nitrogens with two attached hydrogens (primary N) is 1. The molecular formula is C14H20N6O. The summed E-state index contributed by atoms with van der Waals surface area (Å²) in [5.74, 6) is 1.05. The molecule has 2 heterocycles. The zero-order valence-electron chi connectivity index (χ0n) is 12.6. The lowest BCUT2D eigenvalue weighted by Crippen LogP contribution is -2.57. The molecule has 1 aliphatic rings. The lowest BCUT2D eigenvalue weighted by atomic mass is 10.1. The van der Waals surface area contributed by atoms with E-state index in [1.807, 2.05) is 22.8 Å². The number of amides is 1. The topological polar surface area (TPSA) is 99.1 Å². The van der Waals surface area contributed by atoms with E-state index in [1.165, 1.54) is 6.20 Å². The van der Waals surface area contributed by atoms with E-state index < -0.39 is 0 Å². The number of carbonyl (C=O) groups is 1. The summed E-state index contributed by atoms with van der Waals surface area (Å²) in [5, 5.41) is 8.85. The first kappa shape index (κ1) is 15.0. The van der Waals surface area contributed by atoms with Crippen molar-refractivity contribution in [1.29, 1.82) is 5.26 Å². The van der Waals surface area contributed by atoms with E-state index in [0.29, 0.717) is 25.0 Å². The van der Waals surface area contributed by atoms with Gasteiger partial charge in [-0.05, 0) is 12.8 Å². The molecule has 7 heteroatoms. The molecule has 1 aromatic rings. The molecule has 1 amide bonds. The second-order valence-electron chi connectivity index (χ2n) is 5.63. The summed E-state index contributed by atoms with van der Waals surface area (Å²) < 4.78 is 0. The van der Waals surface area contributed by atoms with E-state index >= 15 is 0 Å². The van der Waals surface area contributed by atoms with Gasteiger partial charge in [0.1, 0.15) is 23.5 Å². The first-order valence-corrected chi connectivity index (χ1v) is 7.02. The molecule has 7 nitrogen and oxygen atoms in total. The Morgan fingerprint density at radius 1 is 1.52 bits per heavy atom. The second-order valence-corrected chi connectivity index (χ2v) is 5.63. The molecule has 0 spiro atoms. The van der Waals surface area contributed by atoms with Crippen molar-refractivity contribution in [3.63, 3.8) is 0 Å². The van der Waals surface area contributed by atoms with Gasteiger partial charge in [0.15, 0.2) is 0 Å². The van der Waals surface area contributed by atoms with Gasteiger partial charge in [-0.15, -0.1) is 0 Å². The zero-order valence-corrected chi connectivity index (χ0v) is 12.6. The quantitative estimate of drug-likeness (QED) is 0.875. The van der Waals surface area contributed by atoms with Crippen molar-refractivity contribution < 1.29 is 4.79 Å². The molecule has 112 valence electrons. The number of anilines is 2. The van der Waals surface area contributed by atoms with Crippen molar-refractivity contribution in [3.05, 3.63) is 11.8 Å². The van der Waals surface area contributed by atoms with Crippen LogP contribution < -0.4 is 10.6 Å². The van der Waals surface area contributed by atoms with Crippen molar-refractivity contribution >= 4 is 17.7 Å². The number of rotatable bonds is 3. The van der Waals surface area contributed by atoms with E-state index in [9.17, 15) is 4.79 Å². The Morgan fingerprint density at radius 2 is 2.24 bits per heavy atom. The minimum atomic E-state index is -0.329. The molecule has 0 aromatic carbocycles. The molecule has 0 aliphatic carbocycles. The fraction of sp³-hybridized carbons (Fsp3) is 0.571. The third-order valence-corrected chi connectivity index (χ3v) is 3.52. The molecule has 1 aromatic heterocycles. The monoisotopic (exact) mass is 288 g/mol. The standard InChI is InChI=1S/C14H20N6O/c1-9(2)8-19-4-5-20(10(3)13(19)21)14-17-7-11(6-15)12(16)18-14/h7,9-10H,4-5,8H2,1-3H3,(H2,16,17,18). The molecule has 0 bridgehead atoms. The van der Waals surface area contributed by atoms with Gasteiger partial charge in [0.05, 0.1) is 6.20 Å². The van der Waals surface area contributed by atoms with Gasteiger partial charge >= 0.3 is 0 Å². The van der Waals surface area contributed by atoms with Crippen LogP contribution in [0, 0.1) is 17.2 Å². The van der Waals surface area contributed by atoms with Crippen molar-refractivity contribution in [2.24, 2.45) is 5.92 Å². The molecule has 1 atom stereocenters. The number of hydrogen-bond acceptors (Lipinski definition) is 6. The molecule has 21 heavy (non-hydrogen) atoms. The van der Waals surface area contributed by atoms with Crippen LogP contribution in [0.2, 0.25) is 0 Å². The highest BCUT2D eigenvalue weighted by atomic mass is 16.2. The number of carbonyl (C=O) groups excluding carboxylic acids is 1. The lowest BCUT2D eigenvalue weighted by molar-refractivity contribution is -0.134. The molecule has 1 unspecified atom stereocenters. The summed E-state index contributed by atoms with van der Waals surface area (Å²) in [6, 6.07) is 1.60. The Hall–Kier alpha value is -2.36. The van der Waals surface area contributed by atoms with Crippen LogP contribution in [0.25, 0.3) is 0 Å². The Balaban J connectivity index is 2.18. The van der Waals surface area contributed by atoms with Gasteiger partial charge in [-0.1, -0.05) is 13.8 Å². The van der Waals surface area contributed by atoms with Crippen LogP contribution in [0.5, 0.6) is 0 Å². The average molecular weight is 288 g/mol. The molecule has 1 saturated heterocycles. The van der Waals surface area contributed by atoms with E-state index in [-0.39, 0.29) is 23.3 Å². The number of piperazine rings is 1. The summed E-state index contributed by atoms with van der Waals surface area (Å²) in [4.78, 5) is 24.4. The van der Waals surface area contributed by atoms with E-state index in [4.69, 9.17) is 11.0 Å². The number of nitrogens with zero attached hydrogens (tertiary/aromatic N) is 5. The van der Waals surface area contributed by atoms with Crippen LogP contribution in [-0.4, -0.2) is 46.5 Å². The van der Waals surface area contributed by atoms with Gasteiger partial charge in [0, 0.05) is 19.6 Å². The Morgan fingerprint density at radius 3 is 2.81 bits per heavy atom. The second kappa shape index (κ2) is 5.95.